The second-order valence-corrected chi connectivity index (χ2v) is 3.77. The summed E-state index contributed by atoms with van der Waals surface area (Å²) in [6.45, 7) is 2.08. The fourth-order valence-electron chi connectivity index (χ4n) is 1.43. The molecule has 0 aliphatic carbocycles. The van der Waals surface area contributed by atoms with Crippen LogP contribution in [0.25, 0.3) is 0 Å². The van der Waals surface area contributed by atoms with Crippen molar-refractivity contribution in [3.8, 4) is 11.5 Å². The Balaban J connectivity index is 2.70. The van der Waals surface area contributed by atoms with E-state index in [2.05, 4.69) is 5.32 Å². The molecule has 1 rings (SSSR count). The molecule has 1 unspecified atom stereocenters. The van der Waals surface area contributed by atoms with Gasteiger partial charge in [0.2, 0.25) is 5.91 Å². The third-order valence-corrected chi connectivity index (χ3v) is 2.67. The molecule has 0 aliphatic rings. The number of carbonyl (C=O) groups excluding carboxylic acids is 1. The van der Waals surface area contributed by atoms with Crippen molar-refractivity contribution < 1.29 is 19.0 Å². The predicted octanol–water partition coefficient (Wildman–Crippen LogP) is 1.35. The van der Waals surface area contributed by atoms with Crippen molar-refractivity contribution in [2.75, 3.05) is 21.3 Å². The molecular formula is C13H19NO4. The maximum atomic E-state index is 11.6. The van der Waals surface area contributed by atoms with Crippen LogP contribution in [0, 0.1) is 0 Å². The summed E-state index contributed by atoms with van der Waals surface area (Å²) in [6, 6.07) is 5.46. The molecule has 5 nitrogen and oxygen atoms in total. The molecule has 0 saturated heterocycles. The molecule has 0 aromatic heterocycles. The van der Waals surface area contributed by atoms with E-state index < -0.39 is 6.10 Å². The van der Waals surface area contributed by atoms with E-state index in [0.717, 1.165) is 5.56 Å². The summed E-state index contributed by atoms with van der Waals surface area (Å²) < 4.78 is 15.3. The number of benzene rings is 1. The van der Waals surface area contributed by atoms with Gasteiger partial charge in [0.15, 0.2) is 0 Å². The molecule has 1 aromatic carbocycles. The molecule has 0 radical (unpaired) electrons. The first-order valence-corrected chi connectivity index (χ1v) is 5.63. The molecular weight excluding hydrogens is 234 g/mol. The third kappa shape index (κ3) is 3.63. The smallest absolute Gasteiger partial charge is 0.249 e. The Bertz CT molecular complexity index is 406. The minimum absolute atomic E-state index is 0.157. The number of ether oxygens (including phenoxy) is 3. The topological polar surface area (TPSA) is 56.8 Å². The van der Waals surface area contributed by atoms with Gasteiger partial charge in [-0.25, -0.2) is 0 Å². The van der Waals surface area contributed by atoms with Crippen molar-refractivity contribution >= 4 is 5.91 Å². The van der Waals surface area contributed by atoms with Gasteiger partial charge in [-0.05, 0) is 19.1 Å². The number of nitrogens with one attached hydrogen (secondary N) is 1. The lowest BCUT2D eigenvalue weighted by Gasteiger charge is -2.13. The maximum Gasteiger partial charge on any atom is 0.249 e. The van der Waals surface area contributed by atoms with E-state index in [4.69, 9.17) is 14.2 Å². The van der Waals surface area contributed by atoms with Gasteiger partial charge in [-0.3, -0.25) is 4.79 Å². The molecule has 18 heavy (non-hydrogen) atoms. The first kappa shape index (κ1) is 14.3. The van der Waals surface area contributed by atoms with Crippen LogP contribution in [0.15, 0.2) is 18.2 Å². The highest BCUT2D eigenvalue weighted by molar-refractivity contribution is 5.80. The first-order valence-electron chi connectivity index (χ1n) is 5.63. The Labute approximate surface area is 107 Å². The van der Waals surface area contributed by atoms with E-state index in [1.54, 1.807) is 27.2 Å². The van der Waals surface area contributed by atoms with E-state index in [9.17, 15) is 4.79 Å². The number of hydrogen-bond acceptors (Lipinski definition) is 4. The zero-order chi connectivity index (χ0) is 13.5. The van der Waals surface area contributed by atoms with E-state index in [0.29, 0.717) is 18.0 Å². The summed E-state index contributed by atoms with van der Waals surface area (Å²) >= 11 is 0. The summed E-state index contributed by atoms with van der Waals surface area (Å²) in [6.07, 6.45) is -0.464. The van der Waals surface area contributed by atoms with E-state index >= 15 is 0 Å². The monoisotopic (exact) mass is 253 g/mol. The molecule has 0 aliphatic heterocycles. The van der Waals surface area contributed by atoms with Crippen LogP contribution in [0.1, 0.15) is 12.5 Å². The summed E-state index contributed by atoms with van der Waals surface area (Å²) in [5.74, 6) is 1.24. The summed E-state index contributed by atoms with van der Waals surface area (Å²) in [7, 11) is 4.67. The van der Waals surface area contributed by atoms with Crippen molar-refractivity contribution in [3.05, 3.63) is 23.8 Å². The van der Waals surface area contributed by atoms with Crippen LogP contribution in [-0.2, 0) is 16.1 Å². The Morgan fingerprint density at radius 1 is 1.28 bits per heavy atom. The first-order chi connectivity index (χ1) is 8.62. The van der Waals surface area contributed by atoms with E-state index in [-0.39, 0.29) is 5.91 Å². The highest BCUT2D eigenvalue weighted by Crippen LogP contribution is 2.24. The van der Waals surface area contributed by atoms with Gasteiger partial charge < -0.3 is 19.5 Å². The maximum absolute atomic E-state index is 11.6. The van der Waals surface area contributed by atoms with Gasteiger partial charge in [-0.1, -0.05) is 0 Å². The normalized spacial score (nSPS) is 11.8. The number of hydrogen-bond donors (Lipinski definition) is 1. The van der Waals surface area contributed by atoms with Crippen molar-refractivity contribution in [1.29, 1.82) is 0 Å². The molecule has 0 spiro atoms. The van der Waals surface area contributed by atoms with Gasteiger partial charge in [0, 0.05) is 25.3 Å². The second kappa shape index (κ2) is 6.86. The molecule has 0 heterocycles. The Kier molecular flexibility index (Phi) is 5.45. The summed E-state index contributed by atoms with van der Waals surface area (Å²) in [4.78, 5) is 11.6. The highest BCUT2D eigenvalue weighted by Gasteiger charge is 2.12. The average molecular weight is 253 g/mol. The second-order valence-electron chi connectivity index (χ2n) is 3.77. The van der Waals surface area contributed by atoms with Crippen LogP contribution in [-0.4, -0.2) is 33.3 Å². The predicted molar refractivity (Wildman–Crippen MR) is 67.9 cm³/mol. The highest BCUT2D eigenvalue weighted by atomic mass is 16.5. The molecule has 1 N–H and O–H groups in total. The lowest BCUT2D eigenvalue weighted by Crippen LogP contribution is -2.33. The number of rotatable bonds is 6. The zero-order valence-corrected chi connectivity index (χ0v) is 11.1. The fraction of sp³-hybridized carbons (Fsp3) is 0.462. The minimum atomic E-state index is -0.464. The molecule has 0 fully saturated rings. The molecule has 1 amide bonds. The minimum Gasteiger partial charge on any atom is -0.497 e. The lowest BCUT2D eigenvalue weighted by molar-refractivity contribution is -0.130. The average Bonchev–Trinajstić information content (AvgIpc) is 2.43. The van der Waals surface area contributed by atoms with E-state index in [1.807, 2.05) is 12.1 Å². The number of amides is 1. The quantitative estimate of drug-likeness (QED) is 0.831. The van der Waals surface area contributed by atoms with Crippen molar-refractivity contribution in [3.63, 3.8) is 0 Å². The van der Waals surface area contributed by atoms with E-state index in [1.165, 1.54) is 7.11 Å². The van der Waals surface area contributed by atoms with Gasteiger partial charge in [0.05, 0.1) is 14.2 Å². The van der Waals surface area contributed by atoms with Crippen molar-refractivity contribution in [2.24, 2.45) is 0 Å². The Hall–Kier alpha value is -1.75. The Morgan fingerprint density at radius 3 is 2.56 bits per heavy atom. The fourth-order valence-corrected chi connectivity index (χ4v) is 1.43. The Morgan fingerprint density at radius 2 is 2.00 bits per heavy atom. The number of methoxy groups -OCH3 is 3. The van der Waals surface area contributed by atoms with Crippen molar-refractivity contribution in [1.82, 2.24) is 5.32 Å². The van der Waals surface area contributed by atoms with Crippen molar-refractivity contribution in [2.45, 2.75) is 19.6 Å². The summed E-state index contributed by atoms with van der Waals surface area (Å²) in [5, 5.41) is 2.78. The zero-order valence-electron chi connectivity index (χ0n) is 11.1. The lowest BCUT2D eigenvalue weighted by atomic mass is 10.2. The van der Waals surface area contributed by atoms with Gasteiger partial charge in [-0.2, -0.15) is 0 Å². The standard InChI is InChI=1S/C13H19NO4/c1-9(16-2)13(15)14-8-10-5-6-11(17-3)7-12(10)18-4/h5-7,9H,8H2,1-4H3,(H,14,15). The van der Waals surface area contributed by atoms with Crippen LogP contribution >= 0.6 is 0 Å². The SMILES string of the molecule is COc1ccc(CNC(=O)C(C)OC)c(OC)c1. The van der Waals surface area contributed by atoms with Gasteiger partial charge in [-0.15, -0.1) is 0 Å². The van der Waals surface area contributed by atoms with Crippen LogP contribution in [0.2, 0.25) is 0 Å². The van der Waals surface area contributed by atoms with Gasteiger partial charge >= 0.3 is 0 Å². The van der Waals surface area contributed by atoms with Crippen LogP contribution in [0.3, 0.4) is 0 Å². The molecule has 1 atom stereocenters. The van der Waals surface area contributed by atoms with Gasteiger partial charge in [0.1, 0.15) is 17.6 Å². The van der Waals surface area contributed by atoms with Crippen LogP contribution < -0.4 is 14.8 Å². The summed E-state index contributed by atoms with van der Waals surface area (Å²) in [5.41, 5.74) is 0.884. The largest absolute Gasteiger partial charge is 0.497 e. The van der Waals surface area contributed by atoms with Crippen LogP contribution in [0.4, 0.5) is 0 Å². The number of carbonyl (C=O) groups is 1. The molecule has 0 saturated carbocycles. The molecule has 5 heteroatoms. The molecule has 0 bridgehead atoms. The molecule has 100 valence electrons. The van der Waals surface area contributed by atoms with Gasteiger partial charge in [0.25, 0.3) is 0 Å². The molecule has 1 aromatic rings. The third-order valence-electron chi connectivity index (χ3n) is 2.67. The van der Waals surface area contributed by atoms with Crippen LogP contribution in [0.5, 0.6) is 11.5 Å².